The van der Waals surface area contributed by atoms with E-state index in [0.29, 0.717) is 0 Å². The fourth-order valence-electron chi connectivity index (χ4n) is 0.782. The Kier molecular flexibility index (Phi) is 2.52. The van der Waals surface area contributed by atoms with Crippen LogP contribution in [-0.2, 0) is 0 Å². The third-order valence-electron chi connectivity index (χ3n) is 1.45. The van der Waals surface area contributed by atoms with Crippen molar-refractivity contribution in [2.24, 2.45) is 0 Å². The van der Waals surface area contributed by atoms with Gasteiger partial charge in [-0.2, -0.15) is 0 Å². The molecule has 48 valence electrons. The van der Waals surface area contributed by atoms with Gasteiger partial charge in [0.15, 0.2) is 0 Å². The van der Waals surface area contributed by atoms with Crippen molar-refractivity contribution in [1.82, 2.24) is 8.01 Å². The lowest BCUT2D eigenvalue weighted by Crippen LogP contribution is -2.39. The number of likely N-dealkylation sites (N-methyl/N-ethyl adjacent to an activating group) is 1. The van der Waals surface area contributed by atoms with Crippen LogP contribution >= 0.6 is 22.9 Å². The highest BCUT2D eigenvalue weighted by Crippen LogP contribution is 2.03. The molecule has 0 bridgehead atoms. The van der Waals surface area contributed by atoms with Crippen molar-refractivity contribution in [2.75, 3.05) is 33.2 Å². The average Bonchev–Trinajstić information content (AvgIpc) is 1.77. The summed E-state index contributed by atoms with van der Waals surface area (Å²) in [5.74, 6) is 0. The quantitative estimate of drug-likeness (QED) is 0.440. The summed E-state index contributed by atoms with van der Waals surface area (Å²) >= 11 is 2.37. The maximum Gasteiger partial charge on any atom is 0.0209 e. The topological polar surface area (TPSA) is 6.48 Å². The molecule has 0 aliphatic carbocycles. The highest BCUT2D eigenvalue weighted by Gasteiger charge is 2.09. The number of hydrogen-bond acceptors (Lipinski definition) is 2. The fraction of sp³-hybridized carbons (Fsp3) is 1.00. The van der Waals surface area contributed by atoms with E-state index in [0.717, 1.165) is 0 Å². The molecule has 1 aliphatic rings. The van der Waals surface area contributed by atoms with Crippen LogP contribution < -0.4 is 0 Å². The minimum Gasteiger partial charge on any atom is -0.304 e. The maximum absolute atomic E-state index is 2.37. The Morgan fingerprint density at radius 2 is 1.62 bits per heavy atom. The molecule has 1 saturated heterocycles. The Morgan fingerprint density at radius 3 is 2.00 bits per heavy atom. The molecule has 0 aromatic rings. The lowest BCUT2D eigenvalue weighted by Gasteiger charge is -2.27. The first kappa shape index (κ1) is 6.77. The Labute approximate surface area is 64.3 Å². The average molecular weight is 226 g/mol. The Bertz CT molecular complexity index is 58.8. The fourth-order valence-corrected chi connectivity index (χ4v) is 1.21. The standard InChI is InChI=1S/C5H11IN2/c1-7-2-4-8(6)5-3-7/h2-5H2,1H3. The molecule has 0 aromatic carbocycles. The van der Waals surface area contributed by atoms with Crippen molar-refractivity contribution >= 4 is 22.9 Å². The molecule has 1 rings (SSSR count). The van der Waals surface area contributed by atoms with Crippen LogP contribution in [0.2, 0.25) is 0 Å². The number of piperazine rings is 1. The minimum atomic E-state index is 1.22. The van der Waals surface area contributed by atoms with E-state index in [9.17, 15) is 0 Å². The van der Waals surface area contributed by atoms with Crippen molar-refractivity contribution in [3.63, 3.8) is 0 Å². The molecule has 0 unspecified atom stereocenters. The van der Waals surface area contributed by atoms with Gasteiger partial charge in [-0.1, -0.05) is 0 Å². The second-order valence-electron chi connectivity index (χ2n) is 2.21. The number of halogens is 1. The molecule has 0 saturated carbocycles. The van der Waals surface area contributed by atoms with E-state index in [4.69, 9.17) is 0 Å². The van der Waals surface area contributed by atoms with E-state index in [-0.39, 0.29) is 0 Å². The van der Waals surface area contributed by atoms with Gasteiger partial charge in [0.25, 0.3) is 0 Å². The van der Waals surface area contributed by atoms with Crippen LogP contribution in [0.1, 0.15) is 0 Å². The summed E-state index contributed by atoms with van der Waals surface area (Å²) in [5, 5.41) is 0. The van der Waals surface area contributed by atoms with E-state index in [1.165, 1.54) is 26.2 Å². The monoisotopic (exact) mass is 226 g/mol. The van der Waals surface area contributed by atoms with Gasteiger partial charge in [0.2, 0.25) is 0 Å². The number of rotatable bonds is 0. The van der Waals surface area contributed by atoms with Gasteiger partial charge >= 0.3 is 0 Å². The first-order chi connectivity index (χ1) is 3.79. The molecule has 0 atom stereocenters. The zero-order valence-electron chi connectivity index (χ0n) is 5.10. The van der Waals surface area contributed by atoms with Gasteiger partial charge in [0.05, 0.1) is 0 Å². The summed E-state index contributed by atoms with van der Waals surface area (Å²) in [6, 6.07) is 0. The second kappa shape index (κ2) is 2.98. The molecule has 1 fully saturated rings. The van der Waals surface area contributed by atoms with Crippen molar-refractivity contribution in [1.29, 1.82) is 0 Å². The van der Waals surface area contributed by atoms with Crippen LogP contribution in [0.25, 0.3) is 0 Å². The minimum absolute atomic E-state index is 1.22. The van der Waals surface area contributed by atoms with Gasteiger partial charge in [0, 0.05) is 49.0 Å². The summed E-state index contributed by atoms with van der Waals surface area (Å²) in [6.45, 7) is 4.89. The molecule has 3 heteroatoms. The molecule has 8 heavy (non-hydrogen) atoms. The van der Waals surface area contributed by atoms with Crippen LogP contribution in [0.15, 0.2) is 0 Å². The van der Waals surface area contributed by atoms with E-state index < -0.39 is 0 Å². The highest BCUT2D eigenvalue weighted by molar-refractivity contribution is 14.1. The normalized spacial score (nSPS) is 26.2. The number of nitrogens with zero attached hydrogens (tertiary/aromatic N) is 2. The predicted octanol–water partition coefficient (Wildman–Crippen LogP) is 0.584. The summed E-state index contributed by atoms with van der Waals surface area (Å²) < 4.78 is 2.33. The molecule has 0 spiro atoms. The first-order valence-corrected chi connectivity index (χ1v) is 3.85. The van der Waals surface area contributed by atoms with E-state index in [1.807, 2.05) is 0 Å². The van der Waals surface area contributed by atoms with Crippen molar-refractivity contribution < 1.29 is 0 Å². The first-order valence-electron chi connectivity index (χ1n) is 2.88. The van der Waals surface area contributed by atoms with Crippen molar-refractivity contribution in [3.05, 3.63) is 0 Å². The summed E-state index contributed by atoms with van der Waals surface area (Å²) in [5.41, 5.74) is 0. The van der Waals surface area contributed by atoms with Crippen LogP contribution in [-0.4, -0.2) is 41.2 Å². The summed E-state index contributed by atoms with van der Waals surface area (Å²) in [6.07, 6.45) is 0. The predicted molar refractivity (Wildman–Crippen MR) is 43.1 cm³/mol. The lowest BCUT2D eigenvalue weighted by molar-refractivity contribution is 0.245. The highest BCUT2D eigenvalue weighted by atomic mass is 127. The third kappa shape index (κ3) is 1.87. The second-order valence-corrected chi connectivity index (χ2v) is 3.58. The third-order valence-corrected chi connectivity index (χ3v) is 2.41. The zero-order chi connectivity index (χ0) is 5.98. The SMILES string of the molecule is CN1CCN(I)CC1. The molecule has 0 amide bonds. The number of hydrogen-bond donors (Lipinski definition) is 0. The Morgan fingerprint density at radius 1 is 1.12 bits per heavy atom. The van der Waals surface area contributed by atoms with Crippen molar-refractivity contribution in [2.45, 2.75) is 0 Å². The van der Waals surface area contributed by atoms with Gasteiger partial charge in [0.1, 0.15) is 0 Å². The Balaban J connectivity index is 2.19. The van der Waals surface area contributed by atoms with Crippen molar-refractivity contribution in [3.8, 4) is 0 Å². The maximum atomic E-state index is 2.37. The molecule has 1 aliphatic heterocycles. The summed E-state index contributed by atoms with van der Waals surface area (Å²) in [4.78, 5) is 2.36. The van der Waals surface area contributed by atoms with Gasteiger partial charge in [-0.25, -0.2) is 3.11 Å². The van der Waals surface area contributed by atoms with Crippen LogP contribution in [0.3, 0.4) is 0 Å². The molecule has 2 nitrogen and oxygen atoms in total. The molecule has 1 heterocycles. The largest absolute Gasteiger partial charge is 0.304 e. The molecular weight excluding hydrogens is 215 g/mol. The van der Waals surface area contributed by atoms with Crippen LogP contribution in [0.5, 0.6) is 0 Å². The molecule has 0 radical (unpaired) electrons. The van der Waals surface area contributed by atoms with Gasteiger partial charge < -0.3 is 4.90 Å². The van der Waals surface area contributed by atoms with Crippen LogP contribution in [0, 0.1) is 0 Å². The van der Waals surface area contributed by atoms with Gasteiger partial charge in [-0.15, -0.1) is 0 Å². The van der Waals surface area contributed by atoms with Gasteiger partial charge in [-0.3, -0.25) is 0 Å². The molecule has 0 aromatic heterocycles. The summed E-state index contributed by atoms with van der Waals surface area (Å²) in [7, 11) is 2.17. The Hall–Kier alpha value is 0.650. The van der Waals surface area contributed by atoms with E-state index in [2.05, 4.69) is 37.9 Å². The van der Waals surface area contributed by atoms with E-state index in [1.54, 1.807) is 0 Å². The van der Waals surface area contributed by atoms with Crippen LogP contribution in [0.4, 0.5) is 0 Å². The molecule has 0 N–H and O–H groups in total. The molecular formula is C5H11IN2. The van der Waals surface area contributed by atoms with Gasteiger partial charge in [-0.05, 0) is 7.05 Å². The van der Waals surface area contributed by atoms with E-state index >= 15 is 0 Å². The zero-order valence-corrected chi connectivity index (χ0v) is 7.26. The smallest absolute Gasteiger partial charge is 0.0209 e. The lowest BCUT2D eigenvalue weighted by atomic mass is 10.4.